The fourth-order valence-electron chi connectivity index (χ4n) is 2.21. The molecule has 0 aliphatic heterocycles. The second-order valence-corrected chi connectivity index (χ2v) is 5.53. The monoisotopic (exact) mass is 347 g/mol. The fourth-order valence-corrected chi connectivity index (χ4v) is 2.40. The molecule has 1 N–H and O–H groups in total. The van der Waals surface area contributed by atoms with E-state index in [1.807, 2.05) is 0 Å². The van der Waals surface area contributed by atoms with Crippen LogP contribution in [0.3, 0.4) is 0 Å². The maximum absolute atomic E-state index is 12.4. The van der Waals surface area contributed by atoms with Crippen LogP contribution in [0.4, 0.5) is 0 Å². The summed E-state index contributed by atoms with van der Waals surface area (Å²) in [5, 5.41) is 3.31. The van der Waals surface area contributed by atoms with Gasteiger partial charge in [0.25, 0.3) is 5.91 Å². The Morgan fingerprint density at radius 1 is 1.12 bits per heavy atom. The molecular formula is C18H18ClNO4. The lowest BCUT2D eigenvalue weighted by Gasteiger charge is -2.18. The summed E-state index contributed by atoms with van der Waals surface area (Å²) in [6.07, 6.45) is 0.0230. The van der Waals surface area contributed by atoms with Crippen molar-refractivity contribution in [1.82, 2.24) is 5.32 Å². The molecule has 0 aromatic heterocycles. The van der Waals surface area contributed by atoms with Crippen molar-refractivity contribution in [3.63, 3.8) is 0 Å². The maximum atomic E-state index is 12.4. The third-order valence-electron chi connectivity index (χ3n) is 3.51. The normalized spacial score (nSPS) is 11.5. The van der Waals surface area contributed by atoms with Crippen LogP contribution in [0.25, 0.3) is 0 Å². The number of methoxy groups -OCH3 is 2. The van der Waals surface area contributed by atoms with Gasteiger partial charge in [-0.25, -0.2) is 0 Å². The van der Waals surface area contributed by atoms with E-state index in [4.69, 9.17) is 21.1 Å². The van der Waals surface area contributed by atoms with Gasteiger partial charge in [-0.3, -0.25) is 9.59 Å². The predicted molar refractivity (Wildman–Crippen MR) is 91.3 cm³/mol. The fraction of sp³-hybridized carbons (Fsp3) is 0.222. The number of ether oxygens (including phenoxy) is 2. The first-order chi connectivity index (χ1) is 11.5. The van der Waals surface area contributed by atoms with E-state index in [1.54, 1.807) is 55.6 Å². The Hall–Kier alpha value is -2.53. The zero-order valence-electron chi connectivity index (χ0n) is 13.4. The third-order valence-corrected chi connectivity index (χ3v) is 3.74. The molecule has 6 heteroatoms. The standard InChI is InChI=1S/C18H18ClNO4/c1-23-15-8-6-12(7-9-15)16(11-17(21)24-2)20-18(22)13-4-3-5-14(19)10-13/h3-10,16H,11H2,1-2H3,(H,20,22). The first-order valence-electron chi connectivity index (χ1n) is 7.30. The predicted octanol–water partition coefficient (Wildman–Crippen LogP) is 3.38. The van der Waals surface area contributed by atoms with Crippen molar-refractivity contribution in [2.45, 2.75) is 12.5 Å². The number of hydrogen-bond donors (Lipinski definition) is 1. The molecule has 0 saturated heterocycles. The van der Waals surface area contributed by atoms with Gasteiger partial charge in [-0.15, -0.1) is 0 Å². The minimum Gasteiger partial charge on any atom is -0.497 e. The lowest BCUT2D eigenvalue weighted by molar-refractivity contribution is -0.141. The van der Waals surface area contributed by atoms with Crippen molar-refractivity contribution in [3.05, 3.63) is 64.7 Å². The zero-order valence-corrected chi connectivity index (χ0v) is 14.2. The summed E-state index contributed by atoms with van der Waals surface area (Å²) in [6.45, 7) is 0. The Kier molecular flexibility index (Phi) is 6.21. The third kappa shape index (κ3) is 4.73. The number of halogens is 1. The van der Waals surface area contributed by atoms with E-state index in [9.17, 15) is 9.59 Å². The summed E-state index contributed by atoms with van der Waals surface area (Å²) in [5.41, 5.74) is 1.20. The quantitative estimate of drug-likeness (QED) is 0.813. The minimum absolute atomic E-state index is 0.0230. The van der Waals surface area contributed by atoms with E-state index in [-0.39, 0.29) is 12.3 Å². The molecule has 0 fully saturated rings. The van der Waals surface area contributed by atoms with Gasteiger partial charge in [-0.1, -0.05) is 29.8 Å². The minimum atomic E-state index is -0.519. The molecule has 126 valence electrons. The molecule has 1 amide bonds. The topological polar surface area (TPSA) is 64.6 Å². The van der Waals surface area contributed by atoms with Gasteiger partial charge in [0.1, 0.15) is 5.75 Å². The maximum Gasteiger partial charge on any atom is 0.307 e. The highest BCUT2D eigenvalue weighted by molar-refractivity contribution is 6.30. The van der Waals surface area contributed by atoms with Gasteiger partial charge >= 0.3 is 5.97 Å². The number of rotatable bonds is 6. The Balaban J connectivity index is 2.21. The number of hydrogen-bond acceptors (Lipinski definition) is 4. The molecule has 24 heavy (non-hydrogen) atoms. The van der Waals surface area contributed by atoms with E-state index in [0.717, 1.165) is 5.56 Å². The van der Waals surface area contributed by atoms with Gasteiger partial charge in [-0.05, 0) is 35.9 Å². The summed E-state index contributed by atoms with van der Waals surface area (Å²) in [7, 11) is 2.88. The first kappa shape index (κ1) is 17.8. The summed E-state index contributed by atoms with van der Waals surface area (Å²) in [4.78, 5) is 24.1. The van der Waals surface area contributed by atoms with Crippen LogP contribution in [0.15, 0.2) is 48.5 Å². The molecule has 0 radical (unpaired) electrons. The van der Waals surface area contributed by atoms with Crippen molar-refractivity contribution >= 4 is 23.5 Å². The van der Waals surface area contributed by atoms with Crippen molar-refractivity contribution in [1.29, 1.82) is 0 Å². The summed E-state index contributed by atoms with van der Waals surface area (Å²) >= 11 is 5.91. The van der Waals surface area contributed by atoms with Gasteiger partial charge in [0.05, 0.1) is 26.7 Å². The van der Waals surface area contributed by atoms with E-state index in [2.05, 4.69) is 5.32 Å². The number of carbonyl (C=O) groups is 2. The van der Waals surface area contributed by atoms with E-state index >= 15 is 0 Å². The lowest BCUT2D eigenvalue weighted by atomic mass is 10.0. The lowest BCUT2D eigenvalue weighted by Crippen LogP contribution is -2.30. The van der Waals surface area contributed by atoms with Crippen LogP contribution in [-0.2, 0) is 9.53 Å². The molecule has 5 nitrogen and oxygen atoms in total. The molecule has 0 spiro atoms. The van der Waals surface area contributed by atoms with Gasteiger partial charge in [0, 0.05) is 10.6 Å². The Labute approximate surface area is 145 Å². The summed E-state index contributed by atoms with van der Waals surface area (Å²) in [5.74, 6) is -0.0406. The molecule has 0 aliphatic carbocycles. The molecule has 1 unspecified atom stereocenters. The first-order valence-corrected chi connectivity index (χ1v) is 7.68. The van der Waals surface area contributed by atoms with Gasteiger partial charge < -0.3 is 14.8 Å². The number of esters is 1. The highest BCUT2D eigenvalue weighted by Gasteiger charge is 2.20. The van der Waals surface area contributed by atoms with Crippen LogP contribution in [0.5, 0.6) is 5.75 Å². The molecule has 2 aromatic carbocycles. The molecule has 0 heterocycles. The molecule has 2 rings (SSSR count). The van der Waals surface area contributed by atoms with Crippen molar-refractivity contribution in [2.24, 2.45) is 0 Å². The smallest absolute Gasteiger partial charge is 0.307 e. The van der Waals surface area contributed by atoms with E-state index in [0.29, 0.717) is 16.3 Å². The van der Waals surface area contributed by atoms with Crippen LogP contribution in [-0.4, -0.2) is 26.1 Å². The van der Waals surface area contributed by atoms with E-state index < -0.39 is 12.0 Å². The van der Waals surface area contributed by atoms with Gasteiger partial charge in [-0.2, -0.15) is 0 Å². The SMILES string of the molecule is COC(=O)CC(NC(=O)c1cccc(Cl)c1)c1ccc(OC)cc1. The highest BCUT2D eigenvalue weighted by atomic mass is 35.5. The van der Waals surface area contributed by atoms with Gasteiger partial charge in [0.2, 0.25) is 0 Å². The highest BCUT2D eigenvalue weighted by Crippen LogP contribution is 2.22. The largest absolute Gasteiger partial charge is 0.497 e. The average Bonchev–Trinajstić information content (AvgIpc) is 2.61. The van der Waals surface area contributed by atoms with Crippen LogP contribution in [0.1, 0.15) is 28.4 Å². The molecule has 0 saturated carbocycles. The van der Waals surface area contributed by atoms with Crippen LogP contribution in [0, 0.1) is 0 Å². The molecule has 2 aromatic rings. The molecule has 1 atom stereocenters. The zero-order chi connectivity index (χ0) is 17.5. The van der Waals surface area contributed by atoms with Crippen molar-refractivity contribution < 1.29 is 19.1 Å². The molecule has 0 bridgehead atoms. The Morgan fingerprint density at radius 2 is 1.83 bits per heavy atom. The van der Waals surface area contributed by atoms with Crippen molar-refractivity contribution in [2.75, 3.05) is 14.2 Å². The summed E-state index contributed by atoms with van der Waals surface area (Å²) in [6, 6.07) is 13.2. The number of amides is 1. The number of nitrogens with one attached hydrogen (secondary N) is 1. The van der Waals surface area contributed by atoms with Crippen LogP contribution >= 0.6 is 11.6 Å². The summed E-state index contributed by atoms with van der Waals surface area (Å²) < 4.78 is 9.84. The number of carbonyl (C=O) groups excluding carboxylic acids is 2. The molecule has 0 aliphatic rings. The van der Waals surface area contributed by atoms with Crippen molar-refractivity contribution in [3.8, 4) is 5.75 Å². The second kappa shape index (κ2) is 8.36. The molecular weight excluding hydrogens is 330 g/mol. The number of benzene rings is 2. The Morgan fingerprint density at radius 3 is 2.42 bits per heavy atom. The van der Waals surface area contributed by atoms with E-state index in [1.165, 1.54) is 7.11 Å². The van der Waals surface area contributed by atoms with Crippen LogP contribution < -0.4 is 10.1 Å². The Bertz CT molecular complexity index is 715. The van der Waals surface area contributed by atoms with Crippen LogP contribution in [0.2, 0.25) is 5.02 Å². The average molecular weight is 348 g/mol. The van der Waals surface area contributed by atoms with Gasteiger partial charge in [0.15, 0.2) is 0 Å². The second-order valence-electron chi connectivity index (χ2n) is 5.09.